The van der Waals surface area contributed by atoms with E-state index in [0.29, 0.717) is 11.0 Å². The Morgan fingerprint density at radius 2 is 2.25 bits per heavy atom. The maximum absolute atomic E-state index is 10.6. The number of aldehydes is 1. The van der Waals surface area contributed by atoms with E-state index in [1.165, 1.54) is 0 Å². The third-order valence-electron chi connectivity index (χ3n) is 2.08. The highest BCUT2D eigenvalue weighted by atomic mass is 35.5. The second kappa shape index (κ2) is 3.90. The number of hydrogen-bond donors (Lipinski definition) is 0. The van der Waals surface area contributed by atoms with E-state index in [1.54, 1.807) is 0 Å². The molecular weight excluding hydrogens is 172 g/mol. The predicted octanol–water partition coefficient (Wildman–Crippen LogP) is 3.05. The zero-order chi connectivity index (χ0) is 9.14. The molecule has 1 rings (SSSR count). The molecule has 0 atom stereocenters. The van der Waals surface area contributed by atoms with Gasteiger partial charge in [0.1, 0.15) is 6.29 Å². The van der Waals surface area contributed by atoms with Crippen molar-refractivity contribution in [3.63, 3.8) is 0 Å². The van der Waals surface area contributed by atoms with Crippen LogP contribution in [0.15, 0.2) is 22.3 Å². The fourth-order valence-corrected chi connectivity index (χ4v) is 1.80. The Morgan fingerprint density at radius 1 is 1.58 bits per heavy atom. The lowest BCUT2D eigenvalue weighted by molar-refractivity contribution is -0.105. The number of carbonyl (C=O) groups excluding carboxylic acids is 1. The summed E-state index contributed by atoms with van der Waals surface area (Å²) in [6.07, 6.45) is 4.73. The van der Waals surface area contributed by atoms with Crippen LogP contribution >= 0.6 is 11.6 Å². The highest BCUT2D eigenvalue weighted by Gasteiger charge is 2.15. The highest BCUT2D eigenvalue weighted by Crippen LogP contribution is 2.31. The van der Waals surface area contributed by atoms with Crippen molar-refractivity contribution in [3.05, 3.63) is 22.3 Å². The molecule has 1 nitrogen and oxygen atoms in total. The van der Waals surface area contributed by atoms with E-state index >= 15 is 0 Å². The Morgan fingerprint density at radius 3 is 2.75 bits per heavy atom. The minimum atomic E-state index is 0.410. The minimum absolute atomic E-state index is 0.410. The van der Waals surface area contributed by atoms with E-state index in [1.807, 2.05) is 0 Å². The molecule has 0 unspecified atom stereocenters. The molecule has 66 valence electrons. The second-order valence-electron chi connectivity index (χ2n) is 3.31. The summed E-state index contributed by atoms with van der Waals surface area (Å²) in [5, 5.41) is 0.672. The van der Waals surface area contributed by atoms with Crippen molar-refractivity contribution in [2.75, 3.05) is 0 Å². The summed E-state index contributed by atoms with van der Waals surface area (Å²) in [6.45, 7) is 4.17. The molecule has 1 aliphatic rings. The molecule has 0 bridgehead atoms. The van der Waals surface area contributed by atoms with Gasteiger partial charge in [0, 0.05) is 5.57 Å². The normalized spacial score (nSPS) is 18.2. The molecule has 0 amide bonds. The van der Waals surface area contributed by atoms with Crippen molar-refractivity contribution in [2.24, 2.45) is 5.92 Å². The third-order valence-corrected chi connectivity index (χ3v) is 2.54. The van der Waals surface area contributed by atoms with Crippen LogP contribution in [-0.4, -0.2) is 6.29 Å². The first-order valence-corrected chi connectivity index (χ1v) is 4.59. The number of allylic oxidation sites excluding steroid dienone is 4. The zero-order valence-electron chi connectivity index (χ0n) is 7.43. The van der Waals surface area contributed by atoms with E-state index in [4.69, 9.17) is 11.6 Å². The topological polar surface area (TPSA) is 17.1 Å². The van der Waals surface area contributed by atoms with E-state index < -0.39 is 0 Å². The number of carbonyl (C=O) groups is 1. The van der Waals surface area contributed by atoms with Crippen LogP contribution in [-0.2, 0) is 4.79 Å². The van der Waals surface area contributed by atoms with Gasteiger partial charge in [-0.15, -0.1) is 0 Å². The molecule has 0 fully saturated rings. The van der Waals surface area contributed by atoms with Crippen LogP contribution in [0.4, 0.5) is 0 Å². The number of rotatable bonds is 2. The molecule has 0 saturated carbocycles. The molecule has 0 spiro atoms. The molecule has 0 N–H and O–H groups in total. The summed E-state index contributed by atoms with van der Waals surface area (Å²) in [6, 6.07) is 0. The average molecular weight is 185 g/mol. The number of hydrogen-bond acceptors (Lipinski definition) is 1. The molecule has 0 heterocycles. The number of halogens is 1. The van der Waals surface area contributed by atoms with Crippen LogP contribution in [0.3, 0.4) is 0 Å². The molecule has 0 aromatic heterocycles. The van der Waals surface area contributed by atoms with E-state index in [-0.39, 0.29) is 0 Å². The Hall–Kier alpha value is -0.560. The highest BCUT2D eigenvalue weighted by molar-refractivity contribution is 6.33. The van der Waals surface area contributed by atoms with Crippen LogP contribution < -0.4 is 0 Å². The van der Waals surface area contributed by atoms with Gasteiger partial charge >= 0.3 is 0 Å². The molecule has 0 aromatic carbocycles. The van der Waals surface area contributed by atoms with Crippen molar-refractivity contribution >= 4 is 17.9 Å². The fraction of sp³-hybridized carbons (Fsp3) is 0.500. The lowest BCUT2D eigenvalue weighted by atomic mass is 9.93. The van der Waals surface area contributed by atoms with Crippen LogP contribution in [0.25, 0.3) is 0 Å². The van der Waals surface area contributed by atoms with Crippen molar-refractivity contribution in [3.8, 4) is 0 Å². The lowest BCUT2D eigenvalue weighted by Gasteiger charge is -2.16. The molecule has 0 saturated heterocycles. The quantitative estimate of drug-likeness (QED) is 0.603. The molecule has 12 heavy (non-hydrogen) atoms. The summed E-state index contributed by atoms with van der Waals surface area (Å²) < 4.78 is 0. The van der Waals surface area contributed by atoms with E-state index in [0.717, 1.165) is 30.3 Å². The molecule has 0 aromatic rings. The van der Waals surface area contributed by atoms with Crippen LogP contribution in [0, 0.1) is 5.92 Å². The maximum Gasteiger partial charge on any atom is 0.147 e. The summed E-state index contributed by atoms with van der Waals surface area (Å²) in [5.74, 6) is 0.410. The average Bonchev–Trinajstić information content (AvgIpc) is 2.04. The maximum atomic E-state index is 10.6. The summed E-state index contributed by atoms with van der Waals surface area (Å²) >= 11 is 6.02. The summed E-state index contributed by atoms with van der Waals surface area (Å²) in [5.41, 5.74) is 1.87. The van der Waals surface area contributed by atoms with Gasteiger partial charge in [-0.05, 0) is 24.3 Å². The van der Waals surface area contributed by atoms with Gasteiger partial charge in [-0.25, -0.2) is 0 Å². The molecule has 1 aliphatic carbocycles. The van der Waals surface area contributed by atoms with Gasteiger partial charge in [0.25, 0.3) is 0 Å². The van der Waals surface area contributed by atoms with Gasteiger partial charge < -0.3 is 0 Å². The van der Waals surface area contributed by atoms with Crippen molar-refractivity contribution < 1.29 is 4.79 Å². The Kier molecular flexibility index (Phi) is 3.10. The first kappa shape index (κ1) is 9.53. The van der Waals surface area contributed by atoms with Gasteiger partial charge in [0.2, 0.25) is 0 Å². The third kappa shape index (κ3) is 1.78. The van der Waals surface area contributed by atoms with E-state index in [2.05, 4.69) is 19.9 Å². The molecule has 0 aliphatic heterocycles. The van der Waals surface area contributed by atoms with Gasteiger partial charge in [-0.3, -0.25) is 4.79 Å². The molecule has 2 heteroatoms. The monoisotopic (exact) mass is 184 g/mol. The SMILES string of the molecule is CC(C)C1=CCCC(C=O)=C1Cl. The lowest BCUT2D eigenvalue weighted by Crippen LogP contribution is -2.03. The van der Waals surface area contributed by atoms with Gasteiger partial charge in [0.15, 0.2) is 0 Å². The van der Waals surface area contributed by atoms with Crippen molar-refractivity contribution in [1.29, 1.82) is 0 Å². The zero-order valence-corrected chi connectivity index (χ0v) is 8.19. The fourth-order valence-electron chi connectivity index (χ4n) is 1.37. The molecule has 0 radical (unpaired) electrons. The first-order valence-electron chi connectivity index (χ1n) is 4.21. The van der Waals surface area contributed by atoms with Crippen LogP contribution in [0.2, 0.25) is 0 Å². The minimum Gasteiger partial charge on any atom is -0.298 e. The van der Waals surface area contributed by atoms with Crippen LogP contribution in [0.5, 0.6) is 0 Å². The Bertz CT molecular complexity index is 249. The first-order chi connectivity index (χ1) is 5.66. The van der Waals surface area contributed by atoms with Gasteiger partial charge in [-0.2, -0.15) is 0 Å². The predicted molar refractivity (Wildman–Crippen MR) is 51.1 cm³/mol. The van der Waals surface area contributed by atoms with Gasteiger partial charge in [0.05, 0.1) is 5.03 Å². The van der Waals surface area contributed by atoms with Crippen LogP contribution in [0.1, 0.15) is 26.7 Å². The van der Waals surface area contributed by atoms with Crippen molar-refractivity contribution in [1.82, 2.24) is 0 Å². The Balaban J connectivity index is 2.97. The smallest absolute Gasteiger partial charge is 0.147 e. The largest absolute Gasteiger partial charge is 0.298 e. The van der Waals surface area contributed by atoms with Crippen molar-refractivity contribution in [2.45, 2.75) is 26.7 Å². The second-order valence-corrected chi connectivity index (χ2v) is 3.69. The standard InChI is InChI=1S/C10H13ClO/c1-7(2)9-5-3-4-8(6-12)10(9)11/h5-7H,3-4H2,1-2H3. The summed E-state index contributed by atoms with van der Waals surface area (Å²) in [7, 11) is 0. The van der Waals surface area contributed by atoms with Gasteiger partial charge in [-0.1, -0.05) is 31.5 Å². The van der Waals surface area contributed by atoms with E-state index in [9.17, 15) is 4.79 Å². The summed E-state index contributed by atoms with van der Waals surface area (Å²) in [4.78, 5) is 10.6. The Labute approximate surface area is 78.1 Å². The molecular formula is C10H13ClO.